The van der Waals surface area contributed by atoms with Crippen molar-refractivity contribution in [2.75, 3.05) is 0 Å². The van der Waals surface area contributed by atoms with Gasteiger partial charge in [0.15, 0.2) is 0 Å². The van der Waals surface area contributed by atoms with E-state index in [1.807, 2.05) is 0 Å². The van der Waals surface area contributed by atoms with Crippen LogP contribution >= 0.6 is 0 Å². The van der Waals surface area contributed by atoms with Crippen molar-refractivity contribution in [2.45, 2.75) is 0 Å². The Bertz CT molecular complexity index is 11.6. The van der Waals surface area contributed by atoms with Crippen LogP contribution in [-0.2, 0) is 82.7 Å². The molecule has 0 aromatic rings. The maximum absolute atomic E-state index is 0. The Hall–Kier alpha value is 2.41. The minimum absolute atomic E-state index is 0. The Morgan fingerprint density at radius 3 is 1.00 bits per heavy atom. The van der Waals surface area contributed by atoms with Gasteiger partial charge < -0.3 is 5.48 Å². The number of hydrogen-bond donors (Lipinski definition) is 0. The molecule has 0 unspecified atom stereocenters. The molecule has 5 heavy (non-hydrogen) atoms. The monoisotopic (exact) mass is 407 g/mol. The fourth-order valence-corrected chi connectivity index (χ4v) is 0. The van der Waals surface area contributed by atoms with E-state index in [0.29, 0.717) is 0 Å². The summed E-state index contributed by atoms with van der Waals surface area (Å²) in [5, 5.41) is 0. The predicted octanol–water partition coefficient (Wildman–Crippen LogP) is -0.129. The van der Waals surface area contributed by atoms with Gasteiger partial charge in [-0.25, -0.2) is 0 Å². The average molecular weight is 405 g/mol. The van der Waals surface area contributed by atoms with Crippen LogP contribution in [0, 0.1) is 0 Å². The Labute approximate surface area is 81.7 Å². The van der Waals surface area contributed by atoms with Crippen LogP contribution in [0.4, 0.5) is 0 Å². The summed E-state index contributed by atoms with van der Waals surface area (Å²) in [7, 11) is 0. The summed E-state index contributed by atoms with van der Waals surface area (Å²) in [6.07, 6.45) is 0. The Balaban J connectivity index is 0. The molecular weight excluding hydrogens is 405 g/mol. The van der Waals surface area contributed by atoms with Crippen LogP contribution in [0.25, 0.3) is 0 Å². The van der Waals surface area contributed by atoms with Gasteiger partial charge in [0.25, 0.3) is 0 Å². The Morgan fingerprint density at radius 1 is 1.00 bits per heavy atom. The van der Waals surface area contributed by atoms with Crippen LogP contribution in [0.2, 0.25) is 0 Å². The molecule has 0 aromatic carbocycles. The zero-order valence-corrected chi connectivity index (χ0v) is 9.31. The minimum Gasteiger partial charge on any atom is -2.00 e. The molecular formula is MoNiOVW+4. The predicted molar refractivity (Wildman–Crippen MR) is 0.686 cm³/mol. The van der Waals surface area contributed by atoms with Crippen molar-refractivity contribution in [3.8, 4) is 0 Å². The van der Waals surface area contributed by atoms with Crippen LogP contribution in [0.15, 0.2) is 0 Å². The fraction of sp³-hybridized carbons (Fsp3) is 0. The van der Waals surface area contributed by atoms with E-state index < -0.39 is 0 Å². The maximum atomic E-state index is 0. The first kappa shape index (κ1) is 52.3. The average Bonchev–Trinajstić information content (AvgIpc) is 0. The zero-order chi connectivity index (χ0) is 0. The van der Waals surface area contributed by atoms with E-state index in [2.05, 4.69) is 0 Å². The minimum atomic E-state index is 0. The van der Waals surface area contributed by atoms with Gasteiger partial charge >= 0.3 is 37.6 Å². The molecule has 0 amide bonds. The van der Waals surface area contributed by atoms with Crippen molar-refractivity contribution in [1.82, 2.24) is 0 Å². The summed E-state index contributed by atoms with van der Waals surface area (Å²) < 4.78 is 0. The SMILES string of the molecule is [Mo+4].[Ni+2].[O-2].[V].[W]. The third-order valence-corrected chi connectivity index (χ3v) is 0. The van der Waals surface area contributed by atoms with Crippen LogP contribution < -0.4 is 0 Å². The van der Waals surface area contributed by atoms with Gasteiger partial charge in [-0.1, -0.05) is 0 Å². The van der Waals surface area contributed by atoms with Gasteiger partial charge in [-0.15, -0.1) is 0 Å². The van der Waals surface area contributed by atoms with E-state index >= 15 is 0 Å². The Kier molecular flexibility index (Phi) is 338. The number of rotatable bonds is 0. The van der Waals surface area contributed by atoms with Crippen molar-refractivity contribution in [3.05, 3.63) is 0 Å². The molecule has 5 heteroatoms. The summed E-state index contributed by atoms with van der Waals surface area (Å²) in [6.45, 7) is 0. The van der Waals surface area contributed by atoms with Crippen molar-refractivity contribution in [3.63, 3.8) is 0 Å². The summed E-state index contributed by atoms with van der Waals surface area (Å²) >= 11 is 0. The molecule has 0 spiro atoms. The quantitative estimate of drug-likeness (QED) is 0.503. The van der Waals surface area contributed by atoms with Crippen LogP contribution in [0.5, 0.6) is 0 Å². The first-order valence-electron chi connectivity index (χ1n) is 0. The molecule has 0 fully saturated rings. The van der Waals surface area contributed by atoms with Gasteiger partial charge in [0, 0.05) is 39.6 Å². The fourth-order valence-electron chi connectivity index (χ4n) is 0. The van der Waals surface area contributed by atoms with Gasteiger partial charge in [-0.05, 0) is 0 Å². The second-order valence-corrected chi connectivity index (χ2v) is 0. The second-order valence-electron chi connectivity index (χ2n) is 0. The van der Waals surface area contributed by atoms with Crippen LogP contribution in [0.3, 0.4) is 0 Å². The van der Waals surface area contributed by atoms with E-state index in [9.17, 15) is 0 Å². The smallest absolute Gasteiger partial charge is 2.00 e. The molecule has 0 aliphatic rings. The molecule has 0 bridgehead atoms. The van der Waals surface area contributed by atoms with Gasteiger partial charge in [0.1, 0.15) is 0 Å². The molecule has 29 valence electrons. The summed E-state index contributed by atoms with van der Waals surface area (Å²) in [4.78, 5) is 0. The van der Waals surface area contributed by atoms with Crippen LogP contribution in [0.1, 0.15) is 0 Å². The zero-order valence-electron chi connectivity index (χ0n) is 1.99. The standard InChI is InChI=1S/Mo.Ni.O.V.W/q+4;+2;-2;;. The van der Waals surface area contributed by atoms with E-state index in [4.69, 9.17) is 0 Å². The molecule has 0 aliphatic carbocycles. The summed E-state index contributed by atoms with van der Waals surface area (Å²) in [6, 6.07) is 0. The van der Waals surface area contributed by atoms with Gasteiger partial charge in [0.2, 0.25) is 0 Å². The van der Waals surface area contributed by atoms with E-state index in [1.54, 1.807) is 0 Å². The molecule has 0 rings (SSSR count). The van der Waals surface area contributed by atoms with Crippen LogP contribution in [-0.4, -0.2) is 0 Å². The molecule has 1 nitrogen and oxygen atoms in total. The molecule has 0 saturated heterocycles. The molecule has 0 aliphatic heterocycles. The number of hydrogen-bond acceptors (Lipinski definition) is 0. The van der Waals surface area contributed by atoms with Crippen molar-refractivity contribution >= 4 is 0 Å². The molecule has 0 atom stereocenters. The van der Waals surface area contributed by atoms with E-state index in [-0.39, 0.29) is 82.7 Å². The molecule has 0 aromatic heterocycles. The van der Waals surface area contributed by atoms with Gasteiger partial charge in [-0.3, -0.25) is 0 Å². The van der Waals surface area contributed by atoms with E-state index in [1.165, 1.54) is 0 Å². The third kappa shape index (κ3) is 21.4. The van der Waals surface area contributed by atoms with Crippen molar-refractivity contribution in [2.24, 2.45) is 0 Å². The molecule has 0 heterocycles. The Morgan fingerprint density at radius 2 is 1.00 bits per heavy atom. The third-order valence-electron chi connectivity index (χ3n) is 0. The second kappa shape index (κ2) is 32.3. The first-order chi connectivity index (χ1) is 0. The molecule has 0 N–H and O–H groups in total. The van der Waals surface area contributed by atoms with E-state index in [0.717, 1.165) is 0 Å². The van der Waals surface area contributed by atoms with Crippen molar-refractivity contribution < 1.29 is 82.7 Å². The van der Waals surface area contributed by atoms with Gasteiger partial charge in [-0.2, -0.15) is 0 Å². The van der Waals surface area contributed by atoms with Crippen molar-refractivity contribution in [1.29, 1.82) is 0 Å². The normalized spacial score (nSPS) is 0. The summed E-state index contributed by atoms with van der Waals surface area (Å²) in [5.41, 5.74) is 0. The summed E-state index contributed by atoms with van der Waals surface area (Å²) in [5.74, 6) is 0. The molecule has 1 radical (unpaired) electrons. The molecule has 0 saturated carbocycles. The van der Waals surface area contributed by atoms with Gasteiger partial charge in [0.05, 0.1) is 0 Å². The topological polar surface area (TPSA) is 28.5 Å². The first-order valence-corrected chi connectivity index (χ1v) is 0. The largest absolute Gasteiger partial charge is 4.00 e. The maximum Gasteiger partial charge on any atom is 4.00 e.